The van der Waals surface area contributed by atoms with Crippen molar-refractivity contribution in [1.29, 1.82) is 0 Å². The van der Waals surface area contributed by atoms with Crippen LogP contribution in [-0.4, -0.2) is 143 Å². The number of guanidine groups is 1. The number of hydrogen-bond donors (Lipinski definition) is 12. The van der Waals surface area contributed by atoms with Gasteiger partial charge in [-0.25, -0.2) is 4.79 Å². The molecule has 23 nitrogen and oxygen atoms in total. The number of aromatic amines is 1. The molecule has 8 atom stereocenters. The van der Waals surface area contributed by atoms with Crippen LogP contribution in [0.2, 0.25) is 0 Å². The second kappa shape index (κ2) is 27.4. The summed E-state index contributed by atoms with van der Waals surface area (Å²) in [5.41, 5.74) is 18.3. The lowest BCUT2D eigenvalue weighted by atomic mass is 9.96. The predicted octanol–water partition coefficient (Wildman–Crippen LogP) is -1.12. The Morgan fingerprint density at radius 1 is 0.843 bits per heavy atom. The molecule has 8 unspecified atom stereocenters. The summed E-state index contributed by atoms with van der Waals surface area (Å²) in [7, 11) is 0. The lowest BCUT2D eigenvalue weighted by Gasteiger charge is -2.31. The molecule has 0 aliphatic carbocycles. The Morgan fingerprint density at radius 3 is 2.20 bits per heavy atom. The monoisotopic (exact) mass is 980 g/mol. The highest BCUT2D eigenvalue weighted by molar-refractivity contribution is 5.98. The van der Waals surface area contributed by atoms with Crippen molar-refractivity contribution < 1.29 is 48.3 Å². The molecule has 0 saturated carbocycles. The van der Waals surface area contributed by atoms with Crippen LogP contribution in [0.4, 0.5) is 0 Å². The minimum atomic E-state index is -1.27. The molecule has 1 aromatic heterocycles. The van der Waals surface area contributed by atoms with Crippen LogP contribution in [0.25, 0.3) is 10.9 Å². The van der Waals surface area contributed by atoms with Gasteiger partial charge in [-0.15, -0.1) is 0 Å². The van der Waals surface area contributed by atoms with Crippen LogP contribution >= 0.6 is 0 Å². The number of carbonyl (C=O) groups is 9. The lowest BCUT2D eigenvalue weighted by Crippen LogP contribution is -2.60. The van der Waals surface area contributed by atoms with Crippen molar-refractivity contribution in [3.63, 3.8) is 0 Å². The van der Waals surface area contributed by atoms with E-state index in [4.69, 9.17) is 17.2 Å². The Labute approximate surface area is 407 Å². The standard InChI is InChI=1S/C47H73N13O10/c1-5-27(4)39(44(67)58-35(46(69)70)22-26(2)3)59-42(65)34(23-28-24-52-30-13-7-6-12-29(28)30)57-43(66)36-16-11-21-60(36)45(68)33(15-10-20-51-47(49)50)56-41(64)31(14-8-9-19-48)55-38(62)25-53-40(63)32-17-18-37(61)54-32/h6-7,12-13,24,26-27,31-36,39,52H,5,8-11,14-23,25,48H2,1-4H3,(H,53,63)(H,54,61)(H,55,62)(H,56,64)(H,57,66)(H,58,67)(H,59,65)(H,69,70)(H4,49,50,51). The molecule has 0 bridgehead atoms. The van der Waals surface area contributed by atoms with Crippen LogP contribution in [0, 0.1) is 11.8 Å². The van der Waals surface area contributed by atoms with Crippen LogP contribution in [0.1, 0.15) is 104 Å². The molecule has 23 heteroatoms. The molecule has 2 saturated heterocycles. The predicted molar refractivity (Wildman–Crippen MR) is 260 cm³/mol. The van der Waals surface area contributed by atoms with E-state index in [0.29, 0.717) is 37.8 Å². The molecule has 4 rings (SSSR count). The van der Waals surface area contributed by atoms with E-state index in [1.807, 2.05) is 45.0 Å². The van der Waals surface area contributed by atoms with E-state index < -0.39 is 102 Å². The first-order valence-corrected chi connectivity index (χ1v) is 24.2. The summed E-state index contributed by atoms with van der Waals surface area (Å²) in [6, 6.07) is -0.472. The van der Waals surface area contributed by atoms with E-state index in [0.717, 1.165) is 10.9 Å². The van der Waals surface area contributed by atoms with Gasteiger partial charge in [0.2, 0.25) is 47.3 Å². The number of nitrogens with one attached hydrogen (secondary N) is 8. The molecular weight excluding hydrogens is 907 g/mol. The molecule has 1 aromatic carbocycles. The normalized spacial score (nSPS) is 18.1. The van der Waals surface area contributed by atoms with Crippen molar-refractivity contribution in [1.82, 2.24) is 47.1 Å². The molecule has 0 radical (unpaired) electrons. The third kappa shape index (κ3) is 16.7. The topological polar surface area (TPSA) is 368 Å². The number of unbranched alkanes of at least 4 members (excludes halogenated alkanes) is 1. The number of fused-ring (bicyclic) bond motifs is 1. The van der Waals surface area contributed by atoms with Gasteiger partial charge in [0.25, 0.3) is 0 Å². The number of aliphatic carboxylic acids is 1. The maximum Gasteiger partial charge on any atom is 0.326 e. The summed E-state index contributed by atoms with van der Waals surface area (Å²) < 4.78 is 0. The number of hydrogen-bond acceptors (Lipinski definition) is 11. The van der Waals surface area contributed by atoms with Gasteiger partial charge in [-0.1, -0.05) is 52.3 Å². The van der Waals surface area contributed by atoms with Crippen molar-refractivity contribution >= 4 is 70.1 Å². The summed E-state index contributed by atoms with van der Waals surface area (Å²) in [4.78, 5) is 129. The maximum atomic E-state index is 14.6. The number of aliphatic imine (C=N–C) groups is 1. The van der Waals surface area contributed by atoms with E-state index >= 15 is 0 Å². The first-order valence-electron chi connectivity index (χ1n) is 24.2. The Morgan fingerprint density at radius 2 is 1.54 bits per heavy atom. The number of nitrogens with zero attached hydrogens (tertiary/aromatic N) is 2. The van der Waals surface area contributed by atoms with Crippen molar-refractivity contribution in [2.24, 2.45) is 34.0 Å². The second-order valence-corrected chi connectivity index (χ2v) is 18.5. The lowest BCUT2D eigenvalue weighted by molar-refractivity contribution is -0.143. The van der Waals surface area contributed by atoms with Crippen molar-refractivity contribution in [3.8, 4) is 0 Å². The molecule has 386 valence electrons. The molecule has 2 aliphatic rings. The zero-order valence-corrected chi connectivity index (χ0v) is 40.6. The average molecular weight is 980 g/mol. The molecule has 15 N–H and O–H groups in total. The van der Waals surface area contributed by atoms with E-state index in [9.17, 15) is 48.3 Å². The van der Waals surface area contributed by atoms with Gasteiger partial charge in [0.15, 0.2) is 5.96 Å². The summed E-state index contributed by atoms with van der Waals surface area (Å²) in [5, 5.41) is 29.3. The smallest absolute Gasteiger partial charge is 0.326 e. The maximum absolute atomic E-state index is 14.6. The number of para-hydroxylation sites is 1. The fourth-order valence-corrected chi connectivity index (χ4v) is 8.55. The van der Waals surface area contributed by atoms with Crippen molar-refractivity contribution in [2.75, 3.05) is 26.2 Å². The molecule has 3 heterocycles. The van der Waals surface area contributed by atoms with E-state index in [1.165, 1.54) is 4.90 Å². The first kappa shape index (κ1) is 55.8. The van der Waals surface area contributed by atoms with E-state index in [2.05, 4.69) is 47.2 Å². The Hall–Kier alpha value is -6.78. The van der Waals surface area contributed by atoms with E-state index in [1.54, 1.807) is 13.1 Å². The molecule has 0 spiro atoms. The zero-order chi connectivity index (χ0) is 51.5. The number of carboxylic acid groups (broad SMARTS) is 1. The number of carboxylic acids is 1. The minimum Gasteiger partial charge on any atom is -0.480 e. The molecule has 70 heavy (non-hydrogen) atoms. The van der Waals surface area contributed by atoms with Gasteiger partial charge in [0.1, 0.15) is 42.3 Å². The van der Waals surface area contributed by atoms with Crippen LogP contribution in [-0.2, 0) is 49.6 Å². The van der Waals surface area contributed by atoms with Gasteiger partial charge in [0, 0.05) is 43.0 Å². The Bertz CT molecular complexity index is 2190. The van der Waals surface area contributed by atoms with Gasteiger partial charge in [-0.3, -0.25) is 43.3 Å². The van der Waals surface area contributed by atoms with Gasteiger partial charge in [-0.05, 0) is 87.8 Å². The summed E-state index contributed by atoms with van der Waals surface area (Å²) >= 11 is 0. The number of aromatic nitrogens is 1. The summed E-state index contributed by atoms with van der Waals surface area (Å²) in [6.07, 6.45) is 4.76. The molecule has 2 aromatic rings. The van der Waals surface area contributed by atoms with Crippen molar-refractivity contribution in [3.05, 3.63) is 36.0 Å². The summed E-state index contributed by atoms with van der Waals surface area (Å²) in [6.45, 7) is 7.32. The molecule has 8 amide bonds. The highest BCUT2D eigenvalue weighted by Gasteiger charge is 2.40. The quantitative estimate of drug-likeness (QED) is 0.0274. The van der Waals surface area contributed by atoms with Crippen LogP contribution in [0.3, 0.4) is 0 Å². The number of amides is 8. The fraction of sp³-hybridized carbons (Fsp3) is 0.617. The number of benzene rings is 1. The third-order valence-electron chi connectivity index (χ3n) is 12.6. The number of H-pyrrole nitrogens is 1. The van der Waals surface area contributed by atoms with Gasteiger partial charge in [0.05, 0.1) is 6.54 Å². The zero-order valence-electron chi connectivity index (χ0n) is 40.6. The first-order chi connectivity index (χ1) is 33.3. The summed E-state index contributed by atoms with van der Waals surface area (Å²) in [5.74, 6) is -6.73. The SMILES string of the molecule is CCC(C)C(NC(=O)C(Cc1c[nH]c2ccccc12)NC(=O)C1CCCN1C(=O)C(CCCN=C(N)N)NC(=O)C(CCCCN)NC(=O)CNC(=O)C1CCC(=O)N1)C(=O)NC(CC(C)C)C(=O)O. The van der Waals surface area contributed by atoms with Gasteiger partial charge < -0.3 is 69.4 Å². The molecular formula is C47H73N13O10. The average Bonchev–Trinajstić information content (AvgIpc) is 4.10. The largest absolute Gasteiger partial charge is 0.480 e. The molecule has 2 aliphatic heterocycles. The number of likely N-dealkylation sites (tertiary alicyclic amines) is 1. The fourth-order valence-electron chi connectivity index (χ4n) is 8.55. The van der Waals surface area contributed by atoms with Crippen LogP contribution in [0.5, 0.6) is 0 Å². The third-order valence-corrected chi connectivity index (χ3v) is 12.6. The Balaban J connectivity index is 1.57. The molecule has 2 fully saturated rings. The highest BCUT2D eigenvalue weighted by Crippen LogP contribution is 2.23. The van der Waals surface area contributed by atoms with Gasteiger partial charge in [-0.2, -0.15) is 0 Å². The number of rotatable bonds is 28. The van der Waals surface area contributed by atoms with Crippen LogP contribution < -0.4 is 54.4 Å². The van der Waals surface area contributed by atoms with Crippen LogP contribution in [0.15, 0.2) is 35.5 Å². The number of nitrogens with two attached hydrogens (primary N) is 3. The highest BCUT2D eigenvalue weighted by atomic mass is 16.4. The second-order valence-electron chi connectivity index (χ2n) is 18.5. The Kier molecular flexibility index (Phi) is 21.9. The van der Waals surface area contributed by atoms with Gasteiger partial charge >= 0.3 is 5.97 Å². The number of carbonyl (C=O) groups excluding carboxylic acids is 8. The van der Waals surface area contributed by atoms with E-state index in [-0.39, 0.29) is 82.2 Å². The minimum absolute atomic E-state index is 0.0240. The van der Waals surface area contributed by atoms with Crippen molar-refractivity contribution in [2.45, 2.75) is 147 Å².